The van der Waals surface area contributed by atoms with E-state index in [9.17, 15) is 0 Å². The van der Waals surface area contributed by atoms with Gasteiger partial charge in [-0.1, -0.05) is 50.0 Å². The Kier molecular flexibility index (Phi) is 8.58. The van der Waals surface area contributed by atoms with Gasteiger partial charge in [0, 0.05) is 29.8 Å². The first-order valence-corrected chi connectivity index (χ1v) is 7.95. The van der Waals surface area contributed by atoms with Crippen LogP contribution in [0.2, 0.25) is 0 Å². The lowest BCUT2D eigenvalue weighted by Gasteiger charge is -2.15. The first kappa shape index (κ1) is 18.1. The lowest BCUT2D eigenvalue weighted by Crippen LogP contribution is -2.22. The summed E-state index contributed by atoms with van der Waals surface area (Å²) in [4.78, 5) is 0. The zero-order valence-electron chi connectivity index (χ0n) is 12.8. The maximum Gasteiger partial charge on any atom is 0.128 e. The van der Waals surface area contributed by atoms with Gasteiger partial charge in [-0.2, -0.15) is 0 Å². The highest BCUT2D eigenvalue weighted by molar-refractivity contribution is 6.36. The fourth-order valence-corrected chi connectivity index (χ4v) is 1.73. The van der Waals surface area contributed by atoms with E-state index in [1.54, 1.807) is 0 Å². The standard InChI is InChI=1S/C16H23Cl2NO2/c1-4-7-20-15-6-5-13(10-19-12(2)3)16(8-15)21-11-14(18)9-17/h5-6,8-9,12,19H,4,7,10-11H2,1-3H3. The van der Waals surface area contributed by atoms with Crippen LogP contribution in [0.1, 0.15) is 32.8 Å². The second kappa shape index (κ2) is 9.93. The van der Waals surface area contributed by atoms with Gasteiger partial charge in [0.1, 0.15) is 18.1 Å². The Morgan fingerprint density at radius 2 is 2.10 bits per heavy atom. The largest absolute Gasteiger partial charge is 0.493 e. The molecule has 3 nitrogen and oxygen atoms in total. The molecule has 1 aromatic rings. The molecule has 1 rings (SSSR count). The number of hydrogen-bond donors (Lipinski definition) is 1. The third-order valence-corrected chi connectivity index (χ3v) is 3.29. The molecular formula is C16H23Cl2NO2. The van der Waals surface area contributed by atoms with E-state index in [2.05, 4.69) is 26.1 Å². The van der Waals surface area contributed by atoms with Gasteiger partial charge in [0.05, 0.1) is 11.6 Å². The van der Waals surface area contributed by atoms with Crippen LogP contribution in [0, 0.1) is 0 Å². The van der Waals surface area contributed by atoms with E-state index in [-0.39, 0.29) is 6.61 Å². The van der Waals surface area contributed by atoms with E-state index in [1.807, 2.05) is 18.2 Å². The van der Waals surface area contributed by atoms with E-state index >= 15 is 0 Å². The number of nitrogens with one attached hydrogen (secondary N) is 1. The molecule has 0 spiro atoms. The zero-order valence-corrected chi connectivity index (χ0v) is 14.3. The maximum absolute atomic E-state index is 5.88. The Hall–Kier alpha value is -0.900. The van der Waals surface area contributed by atoms with Crippen LogP contribution in [0.4, 0.5) is 0 Å². The van der Waals surface area contributed by atoms with Crippen LogP contribution < -0.4 is 14.8 Å². The molecule has 118 valence electrons. The predicted molar refractivity (Wildman–Crippen MR) is 89.5 cm³/mol. The van der Waals surface area contributed by atoms with Crippen molar-refractivity contribution in [1.82, 2.24) is 5.32 Å². The van der Waals surface area contributed by atoms with Crippen molar-refractivity contribution < 1.29 is 9.47 Å². The number of halogens is 2. The fraction of sp³-hybridized carbons (Fsp3) is 0.500. The summed E-state index contributed by atoms with van der Waals surface area (Å²) in [6, 6.07) is 6.26. The third-order valence-electron chi connectivity index (χ3n) is 2.70. The Labute approximate surface area is 137 Å². The van der Waals surface area contributed by atoms with Crippen molar-refractivity contribution in [2.45, 2.75) is 39.8 Å². The normalized spacial score (nSPS) is 11.8. The predicted octanol–water partition coefficient (Wildman–Crippen LogP) is 4.67. The second-order valence-electron chi connectivity index (χ2n) is 5.00. The van der Waals surface area contributed by atoms with Crippen molar-refractivity contribution in [1.29, 1.82) is 0 Å². The van der Waals surface area contributed by atoms with Crippen molar-refractivity contribution >= 4 is 23.2 Å². The van der Waals surface area contributed by atoms with Gasteiger partial charge >= 0.3 is 0 Å². The minimum absolute atomic E-state index is 0.247. The first-order valence-electron chi connectivity index (χ1n) is 7.13. The summed E-state index contributed by atoms with van der Waals surface area (Å²) in [5.74, 6) is 1.56. The summed E-state index contributed by atoms with van der Waals surface area (Å²) in [7, 11) is 0. The number of hydrogen-bond acceptors (Lipinski definition) is 3. The van der Waals surface area contributed by atoms with Gasteiger partial charge in [0.15, 0.2) is 0 Å². The average molecular weight is 332 g/mol. The average Bonchev–Trinajstić information content (AvgIpc) is 2.49. The van der Waals surface area contributed by atoms with Crippen LogP contribution in [0.5, 0.6) is 11.5 Å². The van der Waals surface area contributed by atoms with Crippen LogP contribution in [0.25, 0.3) is 0 Å². The SMILES string of the molecule is CCCOc1ccc(CNC(C)C)c(OCC(Cl)=CCl)c1. The molecule has 0 aliphatic carbocycles. The Balaban J connectivity index is 2.83. The highest BCUT2D eigenvalue weighted by Gasteiger charge is 2.08. The molecule has 0 saturated carbocycles. The highest BCUT2D eigenvalue weighted by Crippen LogP contribution is 2.26. The summed E-state index contributed by atoms with van der Waals surface area (Å²) in [6.45, 7) is 7.94. The molecule has 21 heavy (non-hydrogen) atoms. The molecule has 5 heteroatoms. The monoisotopic (exact) mass is 331 g/mol. The minimum atomic E-state index is 0.247. The Morgan fingerprint density at radius 3 is 2.71 bits per heavy atom. The van der Waals surface area contributed by atoms with Gasteiger partial charge in [-0.3, -0.25) is 0 Å². The van der Waals surface area contributed by atoms with Gasteiger partial charge in [-0.05, 0) is 12.5 Å². The molecule has 0 amide bonds. The summed E-state index contributed by atoms with van der Waals surface area (Å²) in [5.41, 5.74) is 2.37. The highest BCUT2D eigenvalue weighted by atomic mass is 35.5. The molecule has 0 aliphatic heterocycles. The molecule has 0 unspecified atom stereocenters. The number of rotatable bonds is 9. The third kappa shape index (κ3) is 7.07. The van der Waals surface area contributed by atoms with Crippen molar-refractivity contribution in [2.75, 3.05) is 13.2 Å². The van der Waals surface area contributed by atoms with E-state index < -0.39 is 0 Å². The van der Waals surface area contributed by atoms with Crippen molar-refractivity contribution in [3.8, 4) is 11.5 Å². The molecule has 0 aromatic heterocycles. The fourth-order valence-electron chi connectivity index (χ4n) is 1.62. The van der Waals surface area contributed by atoms with Crippen LogP contribution >= 0.6 is 23.2 Å². The Bertz CT molecular complexity index is 462. The smallest absolute Gasteiger partial charge is 0.128 e. The van der Waals surface area contributed by atoms with Crippen molar-refractivity contribution in [3.63, 3.8) is 0 Å². The lowest BCUT2D eigenvalue weighted by atomic mass is 10.2. The quantitative estimate of drug-likeness (QED) is 0.713. The Morgan fingerprint density at radius 1 is 1.33 bits per heavy atom. The number of benzene rings is 1. The van der Waals surface area contributed by atoms with Gasteiger partial charge in [-0.25, -0.2) is 0 Å². The van der Waals surface area contributed by atoms with Crippen LogP contribution in [0.15, 0.2) is 28.8 Å². The molecule has 0 saturated heterocycles. The van der Waals surface area contributed by atoms with E-state index in [1.165, 1.54) is 5.54 Å². The van der Waals surface area contributed by atoms with Crippen LogP contribution in [-0.4, -0.2) is 19.3 Å². The molecule has 0 fully saturated rings. The number of ether oxygens (including phenoxy) is 2. The molecule has 1 N–H and O–H groups in total. The van der Waals surface area contributed by atoms with Gasteiger partial charge in [0.25, 0.3) is 0 Å². The van der Waals surface area contributed by atoms with Crippen LogP contribution in [0.3, 0.4) is 0 Å². The van der Waals surface area contributed by atoms with Gasteiger partial charge in [-0.15, -0.1) is 0 Å². The van der Waals surface area contributed by atoms with E-state index in [0.717, 1.165) is 30.0 Å². The minimum Gasteiger partial charge on any atom is -0.493 e. The summed E-state index contributed by atoms with van der Waals surface area (Å²) in [5, 5.41) is 3.83. The molecule has 0 aliphatic rings. The van der Waals surface area contributed by atoms with Gasteiger partial charge < -0.3 is 14.8 Å². The molecular weight excluding hydrogens is 309 g/mol. The van der Waals surface area contributed by atoms with Crippen molar-refractivity contribution in [2.24, 2.45) is 0 Å². The maximum atomic E-state index is 5.88. The summed E-state index contributed by atoms with van der Waals surface area (Å²) < 4.78 is 11.4. The van der Waals surface area contributed by atoms with E-state index in [0.29, 0.717) is 17.7 Å². The topological polar surface area (TPSA) is 30.5 Å². The van der Waals surface area contributed by atoms with Crippen LogP contribution in [-0.2, 0) is 6.54 Å². The summed E-state index contributed by atoms with van der Waals surface area (Å²) in [6.07, 6.45) is 0.966. The zero-order chi connectivity index (χ0) is 15.7. The first-order chi connectivity index (χ1) is 10.1. The van der Waals surface area contributed by atoms with E-state index in [4.69, 9.17) is 32.7 Å². The summed E-state index contributed by atoms with van der Waals surface area (Å²) >= 11 is 11.4. The molecule has 0 bridgehead atoms. The molecule has 1 aromatic carbocycles. The van der Waals surface area contributed by atoms with Crippen molar-refractivity contribution in [3.05, 3.63) is 34.3 Å². The second-order valence-corrected chi connectivity index (χ2v) is 5.70. The molecule has 0 radical (unpaired) electrons. The lowest BCUT2D eigenvalue weighted by molar-refractivity contribution is 0.310. The molecule has 0 heterocycles. The van der Waals surface area contributed by atoms with Gasteiger partial charge in [0.2, 0.25) is 0 Å². The molecule has 0 atom stereocenters.